The predicted molar refractivity (Wildman–Crippen MR) is 123 cm³/mol. The summed E-state index contributed by atoms with van der Waals surface area (Å²) in [6.45, 7) is 2.31. The fourth-order valence-corrected chi connectivity index (χ4v) is 5.57. The number of hydrogen-bond donors (Lipinski definition) is 1. The molecule has 2 aromatic rings. The Morgan fingerprint density at radius 3 is 2.50 bits per heavy atom. The molecule has 1 N–H and O–H groups in total. The summed E-state index contributed by atoms with van der Waals surface area (Å²) in [6, 6.07) is 11.4. The molecule has 0 bridgehead atoms. The number of carbonyl (C=O) groups is 1. The lowest BCUT2D eigenvalue weighted by Gasteiger charge is -2.38. The highest BCUT2D eigenvalue weighted by Crippen LogP contribution is 2.40. The van der Waals surface area contributed by atoms with E-state index < -0.39 is 11.6 Å². The third-order valence-electron chi connectivity index (χ3n) is 7.68. The number of carbonyl (C=O) groups excluding carboxylic acids is 1. The first kappa shape index (κ1) is 22.9. The topological polar surface area (TPSA) is 72.3 Å². The van der Waals surface area contributed by atoms with Gasteiger partial charge in [-0.25, -0.2) is 14.8 Å². The summed E-state index contributed by atoms with van der Waals surface area (Å²) in [6.07, 6.45) is 11.5. The van der Waals surface area contributed by atoms with Crippen molar-refractivity contribution < 1.29 is 19.1 Å². The van der Waals surface area contributed by atoms with Crippen molar-refractivity contribution in [1.29, 1.82) is 0 Å². The van der Waals surface area contributed by atoms with E-state index in [2.05, 4.69) is 17.0 Å². The zero-order valence-corrected chi connectivity index (χ0v) is 19.2. The van der Waals surface area contributed by atoms with Crippen LogP contribution in [0.1, 0.15) is 56.3 Å². The van der Waals surface area contributed by atoms with Crippen molar-refractivity contribution in [3.8, 4) is 0 Å². The van der Waals surface area contributed by atoms with Gasteiger partial charge in [0, 0.05) is 31.2 Å². The smallest absolute Gasteiger partial charge is 0.343 e. The summed E-state index contributed by atoms with van der Waals surface area (Å²) in [5.74, 6) is 0.275. The standard InChI is InChI=1S/C26H36N3O3/c1-29(19-15-24-27-16-9-17-28-24)18-8-14-23(29)20-32-25(30)26(31,21-10-4-2-5-11-21)22-12-6-3-7-13-22/h2,4-5,9-11,16-17,22-23,31H,3,6-8,12-15,18-20H2,1H3/q+1. The molecule has 3 atom stereocenters. The van der Waals surface area contributed by atoms with E-state index in [1.807, 2.05) is 36.4 Å². The second-order valence-electron chi connectivity index (χ2n) is 9.70. The van der Waals surface area contributed by atoms with Gasteiger partial charge in [0.1, 0.15) is 18.5 Å². The van der Waals surface area contributed by atoms with Gasteiger partial charge in [0.25, 0.3) is 0 Å². The molecular weight excluding hydrogens is 402 g/mol. The summed E-state index contributed by atoms with van der Waals surface area (Å²) in [4.78, 5) is 22.1. The summed E-state index contributed by atoms with van der Waals surface area (Å²) >= 11 is 0. The predicted octanol–water partition coefficient (Wildman–Crippen LogP) is 3.64. The number of aliphatic hydroxyl groups is 1. The Balaban J connectivity index is 1.44. The number of esters is 1. The average Bonchev–Trinajstić information content (AvgIpc) is 3.23. The monoisotopic (exact) mass is 438 g/mol. The van der Waals surface area contributed by atoms with Crippen molar-refractivity contribution in [3.63, 3.8) is 0 Å². The lowest BCUT2D eigenvalue weighted by atomic mass is 9.73. The van der Waals surface area contributed by atoms with Gasteiger partial charge in [-0.05, 0) is 24.5 Å². The second kappa shape index (κ2) is 10.1. The second-order valence-corrected chi connectivity index (χ2v) is 9.70. The molecule has 2 heterocycles. The van der Waals surface area contributed by atoms with Gasteiger partial charge in [-0.2, -0.15) is 0 Å². The molecule has 3 unspecified atom stereocenters. The first-order valence-electron chi connectivity index (χ1n) is 12.1. The van der Waals surface area contributed by atoms with Crippen LogP contribution >= 0.6 is 0 Å². The van der Waals surface area contributed by atoms with E-state index in [0.29, 0.717) is 12.2 Å². The fraction of sp³-hybridized carbons (Fsp3) is 0.577. The van der Waals surface area contributed by atoms with Gasteiger partial charge in [0.05, 0.1) is 26.6 Å². The Hall–Kier alpha value is -2.31. The molecule has 0 spiro atoms. The van der Waals surface area contributed by atoms with E-state index in [1.54, 1.807) is 12.4 Å². The highest BCUT2D eigenvalue weighted by Gasteiger charge is 2.48. The van der Waals surface area contributed by atoms with Crippen LogP contribution in [0.25, 0.3) is 0 Å². The number of rotatable bonds is 8. The van der Waals surface area contributed by atoms with Crippen molar-refractivity contribution in [1.82, 2.24) is 9.97 Å². The van der Waals surface area contributed by atoms with E-state index in [-0.39, 0.29) is 12.0 Å². The molecule has 6 heteroatoms. The van der Waals surface area contributed by atoms with Gasteiger partial charge >= 0.3 is 5.97 Å². The first-order chi connectivity index (χ1) is 15.5. The molecule has 1 aliphatic heterocycles. The minimum atomic E-state index is -1.57. The van der Waals surface area contributed by atoms with E-state index in [4.69, 9.17) is 4.74 Å². The van der Waals surface area contributed by atoms with Gasteiger partial charge in [0.15, 0.2) is 5.60 Å². The number of hydrogen-bond acceptors (Lipinski definition) is 5. The number of nitrogens with zero attached hydrogens (tertiary/aromatic N) is 3. The van der Waals surface area contributed by atoms with E-state index in [9.17, 15) is 9.90 Å². The molecule has 1 aromatic heterocycles. The Kier molecular flexibility index (Phi) is 7.21. The van der Waals surface area contributed by atoms with Crippen LogP contribution in [0.5, 0.6) is 0 Å². The van der Waals surface area contributed by atoms with Crippen molar-refractivity contribution in [2.75, 3.05) is 26.7 Å². The normalized spacial score (nSPS) is 25.9. The maximum atomic E-state index is 13.4. The fourth-order valence-electron chi connectivity index (χ4n) is 5.57. The molecule has 1 aromatic carbocycles. The summed E-state index contributed by atoms with van der Waals surface area (Å²) in [5, 5.41) is 11.7. The van der Waals surface area contributed by atoms with Crippen LogP contribution in [-0.4, -0.2) is 58.3 Å². The zero-order valence-electron chi connectivity index (χ0n) is 19.2. The van der Waals surface area contributed by atoms with Crippen LogP contribution in [0.3, 0.4) is 0 Å². The lowest BCUT2D eigenvalue weighted by molar-refractivity contribution is -0.921. The molecule has 0 amide bonds. The number of quaternary nitrogens is 1. The summed E-state index contributed by atoms with van der Waals surface area (Å²) in [5.41, 5.74) is -0.913. The van der Waals surface area contributed by atoms with E-state index >= 15 is 0 Å². The summed E-state index contributed by atoms with van der Waals surface area (Å²) < 4.78 is 6.76. The van der Waals surface area contributed by atoms with Crippen molar-refractivity contribution in [2.45, 2.75) is 63.0 Å². The maximum absolute atomic E-state index is 13.4. The van der Waals surface area contributed by atoms with Crippen LogP contribution in [0.2, 0.25) is 0 Å². The Bertz CT molecular complexity index is 872. The number of likely N-dealkylation sites (N-methyl/N-ethyl adjacent to an activating group) is 1. The van der Waals surface area contributed by atoms with Crippen LogP contribution in [0.4, 0.5) is 0 Å². The molecule has 4 rings (SSSR count). The van der Waals surface area contributed by atoms with E-state index in [1.165, 1.54) is 6.42 Å². The van der Waals surface area contributed by atoms with Crippen LogP contribution in [-0.2, 0) is 21.6 Å². The van der Waals surface area contributed by atoms with Crippen molar-refractivity contribution >= 4 is 5.97 Å². The van der Waals surface area contributed by atoms with Gasteiger partial charge in [-0.3, -0.25) is 0 Å². The first-order valence-corrected chi connectivity index (χ1v) is 12.1. The van der Waals surface area contributed by atoms with Gasteiger partial charge in [-0.15, -0.1) is 0 Å². The molecule has 0 radical (unpaired) electrons. The molecule has 2 fully saturated rings. The molecule has 1 saturated heterocycles. The quantitative estimate of drug-likeness (QED) is 0.503. The SMILES string of the molecule is C[N+]1(CCc2ncccn2)CCCC1COC(=O)C(O)(c1ccccc1)C1CCCCC1. The molecule has 172 valence electrons. The van der Waals surface area contributed by atoms with Gasteiger partial charge in [-0.1, -0.05) is 49.6 Å². The molecule has 6 nitrogen and oxygen atoms in total. The number of likely N-dealkylation sites (tertiary alicyclic amines) is 1. The Labute approximate surface area is 191 Å². The van der Waals surface area contributed by atoms with Crippen LogP contribution in [0, 0.1) is 5.92 Å². The Morgan fingerprint density at radius 2 is 1.78 bits per heavy atom. The van der Waals surface area contributed by atoms with E-state index in [0.717, 1.165) is 68.3 Å². The van der Waals surface area contributed by atoms with Crippen LogP contribution in [0.15, 0.2) is 48.8 Å². The molecule has 1 saturated carbocycles. The molecule has 2 aliphatic rings. The minimum absolute atomic E-state index is 0.0918. The number of benzene rings is 1. The molecular formula is C26H36N3O3+. The third kappa shape index (κ3) is 4.86. The average molecular weight is 439 g/mol. The van der Waals surface area contributed by atoms with Gasteiger partial charge in [0.2, 0.25) is 0 Å². The maximum Gasteiger partial charge on any atom is 0.343 e. The zero-order chi connectivity index (χ0) is 22.4. The third-order valence-corrected chi connectivity index (χ3v) is 7.68. The minimum Gasteiger partial charge on any atom is -0.457 e. The van der Waals surface area contributed by atoms with Crippen LogP contribution < -0.4 is 0 Å². The number of aromatic nitrogens is 2. The lowest BCUT2D eigenvalue weighted by Crippen LogP contribution is -2.52. The van der Waals surface area contributed by atoms with Crippen molar-refractivity contribution in [3.05, 3.63) is 60.2 Å². The van der Waals surface area contributed by atoms with Crippen molar-refractivity contribution in [2.24, 2.45) is 5.92 Å². The Morgan fingerprint density at radius 1 is 1.06 bits per heavy atom. The highest BCUT2D eigenvalue weighted by molar-refractivity contribution is 5.81. The molecule has 1 aliphatic carbocycles. The molecule has 32 heavy (non-hydrogen) atoms. The summed E-state index contributed by atoms with van der Waals surface area (Å²) in [7, 11) is 2.24. The number of ether oxygens (including phenoxy) is 1. The highest BCUT2D eigenvalue weighted by atomic mass is 16.6. The van der Waals surface area contributed by atoms with Gasteiger partial charge < -0.3 is 14.3 Å². The largest absolute Gasteiger partial charge is 0.457 e.